The van der Waals surface area contributed by atoms with Gasteiger partial charge in [-0.1, -0.05) is 12.1 Å². The highest BCUT2D eigenvalue weighted by Crippen LogP contribution is 2.27. The predicted octanol–water partition coefficient (Wildman–Crippen LogP) is 2.25. The van der Waals surface area contributed by atoms with Crippen molar-refractivity contribution in [1.82, 2.24) is 20.0 Å². The van der Waals surface area contributed by atoms with Crippen molar-refractivity contribution in [1.29, 1.82) is 0 Å². The average Bonchev–Trinajstić information content (AvgIpc) is 3.35. The van der Waals surface area contributed by atoms with Gasteiger partial charge in [0.1, 0.15) is 17.6 Å². The molecular weight excluding hydrogens is 397 g/mol. The summed E-state index contributed by atoms with van der Waals surface area (Å²) in [7, 11) is 1.61. The summed E-state index contributed by atoms with van der Waals surface area (Å²) in [5.74, 6) is -1.00. The van der Waals surface area contributed by atoms with Gasteiger partial charge in [-0.15, -0.1) is 12.4 Å². The SMILES string of the molecule is CN(C(=O)c1ccn(C2CCCNC2)n1)C1CCN(c2ccccc2F)C1=O.Cl. The second-order valence-corrected chi connectivity index (χ2v) is 7.34. The molecule has 2 aliphatic rings. The minimum atomic E-state index is -0.617. The molecule has 7 nitrogen and oxygen atoms in total. The number of piperidine rings is 1. The largest absolute Gasteiger partial charge is 0.328 e. The van der Waals surface area contributed by atoms with Crippen molar-refractivity contribution in [2.45, 2.75) is 31.3 Å². The van der Waals surface area contributed by atoms with Crippen molar-refractivity contribution in [2.24, 2.45) is 0 Å². The van der Waals surface area contributed by atoms with E-state index < -0.39 is 11.9 Å². The Morgan fingerprint density at radius 3 is 2.79 bits per heavy atom. The van der Waals surface area contributed by atoms with Gasteiger partial charge in [0.2, 0.25) is 5.91 Å². The topological polar surface area (TPSA) is 70.5 Å². The smallest absolute Gasteiger partial charge is 0.274 e. The Labute approximate surface area is 175 Å². The number of carbonyl (C=O) groups excluding carboxylic acids is 2. The second-order valence-electron chi connectivity index (χ2n) is 7.34. The number of halogens is 2. The highest BCUT2D eigenvalue weighted by atomic mass is 35.5. The monoisotopic (exact) mass is 421 g/mol. The van der Waals surface area contributed by atoms with E-state index in [0.29, 0.717) is 18.7 Å². The summed E-state index contributed by atoms with van der Waals surface area (Å²) in [6.45, 7) is 2.22. The van der Waals surface area contributed by atoms with Gasteiger partial charge in [0, 0.05) is 26.3 Å². The highest BCUT2D eigenvalue weighted by Gasteiger charge is 2.38. The zero-order valence-corrected chi connectivity index (χ0v) is 17.1. The zero-order chi connectivity index (χ0) is 19.7. The normalized spacial score (nSPS) is 21.7. The molecule has 9 heteroatoms. The fraction of sp³-hybridized carbons (Fsp3) is 0.450. The van der Waals surface area contributed by atoms with Crippen LogP contribution in [0.4, 0.5) is 10.1 Å². The summed E-state index contributed by atoms with van der Waals surface area (Å²) in [4.78, 5) is 28.5. The van der Waals surface area contributed by atoms with Crippen LogP contribution in [-0.2, 0) is 4.79 Å². The van der Waals surface area contributed by atoms with Crippen LogP contribution in [0.2, 0.25) is 0 Å². The zero-order valence-electron chi connectivity index (χ0n) is 16.3. The quantitative estimate of drug-likeness (QED) is 0.822. The lowest BCUT2D eigenvalue weighted by Gasteiger charge is -2.24. The third-order valence-electron chi connectivity index (χ3n) is 5.58. The molecular formula is C20H25ClFN5O2. The van der Waals surface area contributed by atoms with Crippen molar-refractivity contribution in [3.63, 3.8) is 0 Å². The Bertz CT molecular complexity index is 883. The fourth-order valence-electron chi connectivity index (χ4n) is 3.97. The number of nitrogens with one attached hydrogen (secondary N) is 1. The standard InChI is InChI=1S/C20H24FN5O2.ClH/c1-24(18-9-11-25(20(18)28)17-7-3-2-6-15(17)21)19(27)16-8-12-26(23-16)14-5-4-10-22-13-14;/h2-3,6-8,12,14,18,22H,4-5,9-11,13H2,1H3;1H. The Morgan fingerprint density at radius 2 is 2.07 bits per heavy atom. The van der Waals surface area contributed by atoms with Gasteiger partial charge in [-0.2, -0.15) is 5.10 Å². The Morgan fingerprint density at radius 1 is 1.28 bits per heavy atom. The number of hydrogen-bond acceptors (Lipinski definition) is 4. The van der Waals surface area contributed by atoms with Crippen molar-refractivity contribution in [3.8, 4) is 0 Å². The number of benzene rings is 1. The maximum absolute atomic E-state index is 14.1. The molecule has 2 unspecified atom stereocenters. The first-order valence-corrected chi connectivity index (χ1v) is 9.65. The van der Waals surface area contributed by atoms with Crippen LogP contribution in [0.1, 0.15) is 35.8 Å². The van der Waals surface area contributed by atoms with E-state index in [1.54, 1.807) is 31.3 Å². The maximum Gasteiger partial charge on any atom is 0.274 e. The second kappa shape index (κ2) is 8.92. The summed E-state index contributed by atoms with van der Waals surface area (Å²) >= 11 is 0. The summed E-state index contributed by atoms with van der Waals surface area (Å²) in [6, 6.07) is 7.51. The molecule has 1 aromatic carbocycles. The molecule has 1 N–H and O–H groups in total. The molecule has 156 valence electrons. The molecule has 0 saturated carbocycles. The molecule has 0 radical (unpaired) electrons. The van der Waals surface area contributed by atoms with Crippen molar-refractivity contribution in [2.75, 3.05) is 31.6 Å². The molecule has 2 aromatic rings. The molecule has 2 atom stereocenters. The molecule has 3 heterocycles. The molecule has 2 aliphatic heterocycles. The molecule has 2 amide bonds. The van der Waals surface area contributed by atoms with Gasteiger partial charge in [-0.25, -0.2) is 4.39 Å². The number of aromatic nitrogens is 2. The number of hydrogen-bond donors (Lipinski definition) is 1. The molecule has 0 bridgehead atoms. The van der Waals surface area contributed by atoms with Crippen LogP contribution in [0.25, 0.3) is 0 Å². The van der Waals surface area contributed by atoms with E-state index in [1.807, 2.05) is 10.9 Å². The van der Waals surface area contributed by atoms with Gasteiger partial charge < -0.3 is 15.1 Å². The van der Waals surface area contributed by atoms with E-state index in [9.17, 15) is 14.0 Å². The molecule has 0 aliphatic carbocycles. The molecule has 0 spiro atoms. The van der Waals surface area contributed by atoms with Crippen LogP contribution in [0.3, 0.4) is 0 Å². The minimum Gasteiger partial charge on any atom is -0.328 e. The van der Waals surface area contributed by atoms with Crippen molar-refractivity contribution < 1.29 is 14.0 Å². The Kier molecular flexibility index (Phi) is 6.54. The molecule has 2 saturated heterocycles. The number of likely N-dealkylation sites (N-methyl/N-ethyl adjacent to an activating group) is 1. The average molecular weight is 422 g/mol. The van der Waals surface area contributed by atoms with Gasteiger partial charge in [0.15, 0.2) is 0 Å². The Hall–Kier alpha value is -2.45. The summed E-state index contributed by atoms with van der Waals surface area (Å²) in [5, 5.41) is 7.78. The van der Waals surface area contributed by atoms with Gasteiger partial charge in [0.25, 0.3) is 5.91 Å². The number of para-hydroxylation sites is 1. The predicted molar refractivity (Wildman–Crippen MR) is 110 cm³/mol. The number of amides is 2. The fourth-order valence-corrected chi connectivity index (χ4v) is 3.97. The minimum absolute atomic E-state index is 0. The van der Waals surface area contributed by atoms with Crippen molar-refractivity contribution >= 4 is 29.9 Å². The number of rotatable bonds is 4. The van der Waals surface area contributed by atoms with E-state index >= 15 is 0 Å². The van der Waals surface area contributed by atoms with Crippen LogP contribution in [-0.4, -0.2) is 59.2 Å². The third-order valence-corrected chi connectivity index (χ3v) is 5.58. The van der Waals surface area contributed by atoms with Crippen LogP contribution < -0.4 is 10.2 Å². The lowest BCUT2D eigenvalue weighted by molar-refractivity contribution is -0.120. The van der Waals surface area contributed by atoms with Crippen LogP contribution in [0.15, 0.2) is 36.5 Å². The summed E-state index contributed by atoms with van der Waals surface area (Å²) in [6.07, 6.45) is 4.39. The van der Waals surface area contributed by atoms with Crippen LogP contribution in [0, 0.1) is 5.82 Å². The van der Waals surface area contributed by atoms with E-state index in [0.717, 1.165) is 25.9 Å². The van der Waals surface area contributed by atoms with Gasteiger partial charge >= 0.3 is 0 Å². The van der Waals surface area contributed by atoms with Crippen molar-refractivity contribution in [3.05, 3.63) is 48.0 Å². The van der Waals surface area contributed by atoms with E-state index in [1.165, 1.54) is 15.9 Å². The van der Waals surface area contributed by atoms with E-state index in [-0.39, 0.29) is 36.0 Å². The first kappa shape index (κ1) is 21.3. The molecule has 1 aromatic heterocycles. The van der Waals surface area contributed by atoms with Gasteiger partial charge in [-0.05, 0) is 44.0 Å². The Balaban J connectivity index is 0.00000240. The summed E-state index contributed by atoms with van der Waals surface area (Å²) in [5.41, 5.74) is 0.579. The first-order valence-electron chi connectivity index (χ1n) is 9.65. The van der Waals surface area contributed by atoms with Gasteiger partial charge in [-0.3, -0.25) is 14.3 Å². The van der Waals surface area contributed by atoms with Crippen LogP contribution in [0.5, 0.6) is 0 Å². The number of carbonyl (C=O) groups is 2. The third kappa shape index (κ3) is 4.13. The highest BCUT2D eigenvalue weighted by molar-refractivity contribution is 6.03. The number of nitrogens with zero attached hydrogens (tertiary/aromatic N) is 4. The van der Waals surface area contributed by atoms with Gasteiger partial charge in [0.05, 0.1) is 11.7 Å². The number of anilines is 1. The summed E-state index contributed by atoms with van der Waals surface area (Å²) < 4.78 is 15.9. The lowest BCUT2D eigenvalue weighted by Crippen LogP contribution is -2.43. The van der Waals surface area contributed by atoms with E-state index in [4.69, 9.17) is 0 Å². The molecule has 29 heavy (non-hydrogen) atoms. The molecule has 4 rings (SSSR count). The maximum atomic E-state index is 14.1. The first-order chi connectivity index (χ1) is 13.6. The molecule has 2 fully saturated rings. The lowest BCUT2D eigenvalue weighted by atomic mass is 10.1. The van der Waals surface area contributed by atoms with Crippen LogP contribution >= 0.6 is 12.4 Å². The van der Waals surface area contributed by atoms with E-state index in [2.05, 4.69) is 10.4 Å².